The van der Waals surface area contributed by atoms with Crippen LogP contribution in [-0.4, -0.2) is 74.9 Å². The number of likely N-dealkylation sites (N-methyl/N-ethyl adjacent to an activating group) is 1. The maximum Gasteiger partial charge on any atom is 0.405 e. The van der Waals surface area contributed by atoms with Crippen molar-refractivity contribution >= 4 is 34.6 Å². The number of ether oxygens (including phenoxy) is 1. The van der Waals surface area contributed by atoms with E-state index in [1.807, 2.05) is 13.8 Å². The van der Waals surface area contributed by atoms with Gasteiger partial charge >= 0.3 is 6.09 Å². The van der Waals surface area contributed by atoms with Crippen LogP contribution in [0.2, 0.25) is 0 Å². The molecule has 0 aliphatic carbocycles. The standard InChI is InChI=1S/C28H34F2N6O6/c1-17(2)42-13-12-36-23-15-19(30)18(29)14-22(23)31-24(36)16-35-11-7-9-21(27(35)39)32-26(38)20(33-28(40)41)8-5-6-10-25(37)34(3)4/h6-7,9-11,14-15,17,20,33H,5,8,12-13,16H2,1-4H3,(H,32,38)(H,40,41). The van der Waals surface area contributed by atoms with Crippen LogP contribution in [0.3, 0.4) is 0 Å². The summed E-state index contributed by atoms with van der Waals surface area (Å²) in [6.45, 7) is 4.15. The summed E-state index contributed by atoms with van der Waals surface area (Å²) in [6, 6.07) is 3.70. The summed E-state index contributed by atoms with van der Waals surface area (Å²) in [6.07, 6.45) is 3.07. The molecule has 0 aliphatic heterocycles. The summed E-state index contributed by atoms with van der Waals surface area (Å²) < 4.78 is 36.5. The maximum absolute atomic E-state index is 14.1. The lowest BCUT2D eigenvalue weighted by Gasteiger charge is -2.17. The minimum atomic E-state index is -1.43. The average Bonchev–Trinajstić information content (AvgIpc) is 3.23. The third-order valence-corrected chi connectivity index (χ3v) is 6.16. The monoisotopic (exact) mass is 588 g/mol. The van der Waals surface area contributed by atoms with E-state index in [0.717, 1.165) is 12.1 Å². The smallest absolute Gasteiger partial charge is 0.405 e. The van der Waals surface area contributed by atoms with Gasteiger partial charge in [-0.15, -0.1) is 0 Å². The van der Waals surface area contributed by atoms with Crippen LogP contribution < -0.4 is 16.2 Å². The normalized spacial score (nSPS) is 12.2. The number of imidazole rings is 1. The van der Waals surface area contributed by atoms with E-state index in [1.165, 1.54) is 39.9 Å². The molecule has 2 aromatic heterocycles. The van der Waals surface area contributed by atoms with Crippen LogP contribution in [0.15, 0.2) is 47.4 Å². The van der Waals surface area contributed by atoms with E-state index < -0.39 is 35.2 Å². The molecule has 0 spiro atoms. The highest BCUT2D eigenvalue weighted by Crippen LogP contribution is 2.21. The molecule has 3 N–H and O–H groups in total. The molecular formula is C28H34F2N6O6. The third-order valence-electron chi connectivity index (χ3n) is 6.16. The summed E-state index contributed by atoms with van der Waals surface area (Å²) in [5.41, 5.74) is -0.181. The summed E-state index contributed by atoms with van der Waals surface area (Å²) >= 11 is 0. The lowest BCUT2D eigenvalue weighted by Crippen LogP contribution is -2.44. The van der Waals surface area contributed by atoms with E-state index in [2.05, 4.69) is 15.6 Å². The van der Waals surface area contributed by atoms with Crippen LogP contribution in [0.5, 0.6) is 0 Å². The number of benzene rings is 1. The highest BCUT2D eigenvalue weighted by atomic mass is 19.2. The first-order valence-electron chi connectivity index (χ1n) is 13.2. The van der Waals surface area contributed by atoms with E-state index in [4.69, 9.17) is 4.74 Å². The molecule has 0 saturated heterocycles. The Kier molecular flexibility index (Phi) is 10.9. The molecule has 42 heavy (non-hydrogen) atoms. The number of rotatable bonds is 13. The van der Waals surface area contributed by atoms with Gasteiger partial charge in [-0.25, -0.2) is 18.6 Å². The lowest BCUT2D eigenvalue weighted by molar-refractivity contribution is -0.123. The van der Waals surface area contributed by atoms with Crippen LogP contribution in [0.4, 0.5) is 19.3 Å². The molecule has 0 aliphatic rings. The molecule has 1 aromatic carbocycles. The number of halogens is 2. The Bertz CT molecular complexity index is 1530. The minimum absolute atomic E-state index is 0.0337. The summed E-state index contributed by atoms with van der Waals surface area (Å²) in [5, 5.41) is 13.8. The third kappa shape index (κ3) is 8.46. The van der Waals surface area contributed by atoms with Crippen LogP contribution in [0.1, 0.15) is 32.5 Å². The summed E-state index contributed by atoms with van der Waals surface area (Å²) in [7, 11) is 3.16. The highest BCUT2D eigenvalue weighted by molar-refractivity contribution is 5.96. The second-order valence-corrected chi connectivity index (χ2v) is 9.91. The van der Waals surface area contributed by atoms with Gasteiger partial charge in [0, 0.05) is 39.0 Å². The number of pyridine rings is 1. The average molecular weight is 589 g/mol. The summed E-state index contributed by atoms with van der Waals surface area (Å²) in [5.74, 6) is -2.78. The number of allylic oxidation sites excluding steroid dienone is 1. The fourth-order valence-corrected chi connectivity index (χ4v) is 4.06. The molecule has 2 heterocycles. The van der Waals surface area contributed by atoms with Gasteiger partial charge in [-0.1, -0.05) is 6.08 Å². The molecule has 3 rings (SSSR count). The zero-order valence-electron chi connectivity index (χ0n) is 23.8. The van der Waals surface area contributed by atoms with Crippen LogP contribution >= 0.6 is 0 Å². The predicted molar refractivity (Wildman–Crippen MR) is 151 cm³/mol. The Morgan fingerprint density at radius 2 is 1.90 bits per heavy atom. The first-order valence-corrected chi connectivity index (χ1v) is 13.2. The fourth-order valence-electron chi connectivity index (χ4n) is 4.06. The van der Waals surface area contributed by atoms with E-state index in [0.29, 0.717) is 11.3 Å². The number of fused-ring (bicyclic) bond motifs is 1. The fraction of sp³-hybridized carbons (Fsp3) is 0.393. The lowest BCUT2D eigenvalue weighted by atomic mass is 10.1. The molecule has 226 valence electrons. The molecule has 1 unspecified atom stereocenters. The molecule has 3 amide bonds. The molecule has 14 heteroatoms. The Balaban J connectivity index is 1.83. The van der Waals surface area contributed by atoms with Crippen LogP contribution in [0.25, 0.3) is 11.0 Å². The van der Waals surface area contributed by atoms with Crippen molar-refractivity contribution in [2.45, 2.75) is 51.9 Å². The number of hydrogen-bond acceptors (Lipinski definition) is 6. The van der Waals surface area contributed by atoms with Crippen molar-refractivity contribution < 1.29 is 33.0 Å². The molecule has 1 atom stereocenters. The first-order chi connectivity index (χ1) is 19.9. The number of hydrogen-bond donors (Lipinski definition) is 3. The Morgan fingerprint density at radius 1 is 1.19 bits per heavy atom. The Hall–Kier alpha value is -4.59. The Labute approximate surface area is 240 Å². The van der Waals surface area contributed by atoms with Crippen molar-refractivity contribution in [3.05, 3.63) is 70.4 Å². The minimum Gasteiger partial charge on any atom is -0.465 e. The Morgan fingerprint density at radius 3 is 2.57 bits per heavy atom. The quantitative estimate of drug-likeness (QED) is 0.260. The van der Waals surface area contributed by atoms with Crippen molar-refractivity contribution in [1.29, 1.82) is 0 Å². The van der Waals surface area contributed by atoms with E-state index in [9.17, 15) is 33.1 Å². The van der Waals surface area contributed by atoms with E-state index >= 15 is 0 Å². The van der Waals surface area contributed by atoms with Crippen molar-refractivity contribution in [3.63, 3.8) is 0 Å². The van der Waals surface area contributed by atoms with Crippen molar-refractivity contribution in [2.24, 2.45) is 0 Å². The predicted octanol–water partition coefficient (Wildman–Crippen LogP) is 2.95. The van der Waals surface area contributed by atoms with Gasteiger partial charge in [-0.05, 0) is 44.9 Å². The van der Waals surface area contributed by atoms with Gasteiger partial charge in [-0.2, -0.15) is 0 Å². The topological polar surface area (TPSA) is 148 Å². The number of anilines is 1. The van der Waals surface area contributed by atoms with Gasteiger partial charge in [0.1, 0.15) is 17.6 Å². The largest absolute Gasteiger partial charge is 0.465 e. The first kappa shape index (κ1) is 31.9. The molecular weight excluding hydrogens is 554 g/mol. The van der Waals surface area contributed by atoms with Crippen molar-refractivity contribution in [1.82, 2.24) is 24.3 Å². The second-order valence-electron chi connectivity index (χ2n) is 9.91. The number of amides is 3. The zero-order valence-corrected chi connectivity index (χ0v) is 23.8. The maximum atomic E-state index is 14.1. The number of carboxylic acid groups (broad SMARTS) is 1. The molecule has 0 radical (unpaired) electrons. The van der Waals surface area contributed by atoms with Gasteiger partial charge in [0.2, 0.25) is 11.8 Å². The van der Waals surface area contributed by atoms with Gasteiger partial charge < -0.3 is 34.5 Å². The number of carbonyl (C=O) groups is 3. The second kappa shape index (κ2) is 14.3. The molecule has 0 bridgehead atoms. The van der Waals surface area contributed by atoms with Crippen LogP contribution in [-0.2, 0) is 27.4 Å². The van der Waals surface area contributed by atoms with Gasteiger partial charge in [0.25, 0.3) is 5.56 Å². The zero-order chi connectivity index (χ0) is 31.0. The number of nitrogens with zero attached hydrogens (tertiary/aromatic N) is 4. The van der Waals surface area contributed by atoms with Gasteiger partial charge in [0.05, 0.1) is 30.3 Å². The number of nitrogens with one attached hydrogen (secondary N) is 2. The highest BCUT2D eigenvalue weighted by Gasteiger charge is 2.22. The van der Waals surface area contributed by atoms with Crippen LogP contribution in [0, 0.1) is 11.6 Å². The summed E-state index contributed by atoms with van der Waals surface area (Å²) in [4.78, 5) is 54.9. The van der Waals surface area contributed by atoms with Crippen molar-refractivity contribution in [3.8, 4) is 0 Å². The van der Waals surface area contributed by atoms with E-state index in [1.54, 1.807) is 18.7 Å². The molecule has 0 saturated carbocycles. The molecule has 0 fully saturated rings. The van der Waals surface area contributed by atoms with Gasteiger partial charge in [-0.3, -0.25) is 14.4 Å². The molecule has 3 aromatic rings. The van der Waals surface area contributed by atoms with Crippen molar-refractivity contribution in [2.75, 3.05) is 26.0 Å². The van der Waals surface area contributed by atoms with E-state index in [-0.39, 0.29) is 55.8 Å². The number of aromatic nitrogens is 3. The SMILES string of the molecule is CC(C)OCCn1c(Cn2cccc(NC(=O)C(CCC=CC(=O)N(C)C)NC(=O)O)c2=O)nc2cc(F)c(F)cc21. The number of carbonyl (C=O) groups excluding carboxylic acids is 2. The van der Waals surface area contributed by atoms with Gasteiger partial charge in [0.15, 0.2) is 11.6 Å². The molecule has 12 nitrogen and oxygen atoms in total.